The molecule has 2 N–H and O–H groups in total. The van der Waals surface area contributed by atoms with E-state index in [4.69, 9.17) is 4.43 Å². The number of aliphatic hydroxyl groups is 1. The highest BCUT2D eigenvalue weighted by Crippen LogP contribution is 2.37. The first-order valence-electron chi connectivity index (χ1n) is 7.81. The standard InChI is InChI=1S/C17H29NO4Si/c1-17(2,3)23(5,6)22-14-9-7-8-13(10-14)11-18-15(12-19)16(20)21-4/h7-10,15,18-19H,11-12H2,1-6H3/t15-/m0/s1. The Labute approximate surface area is 140 Å². The summed E-state index contributed by atoms with van der Waals surface area (Å²) in [4.78, 5) is 11.5. The van der Waals surface area contributed by atoms with Crippen molar-refractivity contribution >= 4 is 14.3 Å². The number of hydrogen-bond donors (Lipinski definition) is 2. The summed E-state index contributed by atoms with van der Waals surface area (Å²) in [6.45, 7) is 11.2. The highest BCUT2D eigenvalue weighted by Gasteiger charge is 2.38. The van der Waals surface area contributed by atoms with Gasteiger partial charge in [-0.25, -0.2) is 0 Å². The summed E-state index contributed by atoms with van der Waals surface area (Å²) in [5.41, 5.74) is 0.989. The Morgan fingerprint density at radius 3 is 2.52 bits per heavy atom. The summed E-state index contributed by atoms with van der Waals surface area (Å²) >= 11 is 0. The van der Waals surface area contributed by atoms with Crippen LogP contribution in [0.5, 0.6) is 5.75 Å². The fraction of sp³-hybridized carbons (Fsp3) is 0.588. The van der Waals surface area contributed by atoms with Gasteiger partial charge in [0.25, 0.3) is 0 Å². The van der Waals surface area contributed by atoms with Crippen molar-refractivity contribution in [2.24, 2.45) is 0 Å². The third kappa shape index (κ3) is 5.64. The van der Waals surface area contributed by atoms with Crippen LogP contribution in [0, 0.1) is 0 Å². The van der Waals surface area contributed by atoms with Crippen molar-refractivity contribution in [1.29, 1.82) is 0 Å². The SMILES string of the molecule is COC(=O)[C@H](CO)NCc1cccc(O[Si](C)(C)C(C)(C)C)c1. The number of carbonyl (C=O) groups is 1. The molecule has 5 nitrogen and oxygen atoms in total. The Morgan fingerprint density at radius 1 is 1.35 bits per heavy atom. The fourth-order valence-electron chi connectivity index (χ4n) is 1.77. The number of methoxy groups -OCH3 is 1. The fourth-order valence-corrected chi connectivity index (χ4v) is 2.79. The second-order valence-corrected chi connectivity index (χ2v) is 11.9. The van der Waals surface area contributed by atoms with Gasteiger partial charge >= 0.3 is 5.97 Å². The van der Waals surface area contributed by atoms with Crippen LogP contribution in [-0.2, 0) is 16.1 Å². The van der Waals surface area contributed by atoms with Gasteiger partial charge in [-0.3, -0.25) is 10.1 Å². The molecule has 0 saturated heterocycles. The molecule has 1 aromatic carbocycles. The van der Waals surface area contributed by atoms with Crippen molar-refractivity contribution in [3.63, 3.8) is 0 Å². The number of rotatable bonds is 7. The van der Waals surface area contributed by atoms with Crippen LogP contribution >= 0.6 is 0 Å². The lowest BCUT2D eigenvalue weighted by Gasteiger charge is -2.36. The first-order valence-corrected chi connectivity index (χ1v) is 10.7. The van der Waals surface area contributed by atoms with Crippen molar-refractivity contribution in [1.82, 2.24) is 5.32 Å². The van der Waals surface area contributed by atoms with Gasteiger partial charge in [-0.15, -0.1) is 0 Å². The number of hydrogen-bond acceptors (Lipinski definition) is 5. The smallest absolute Gasteiger partial charge is 0.325 e. The molecule has 0 heterocycles. The molecule has 6 heteroatoms. The molecule has 0 aliphatic heterocycles. The first kappa shape index (κ1) is 19.7. The third-order valence-corrected chi connectivity index (χ3v) is 8.66. The quantitative estimate of drug-likeness (QED) is 0.590. The van der Waals surface area contributed by atoms with E-state index in [1.165, 1.54) is 7.11 Å². The van der Waals surface area contributed by atoms with Gasteiger partial charge in [0, 0.05) is 6.54 Å². The minimum absolute atomic E-state index is 0.133. The number of ether oxygens (including phenoxy) is 1. The molecule has 1 atom stereocenters. The minimum Gasteiger partial charge on any atom is -0.543 e. The van der Waals surface area contributed by atoms with Crippen molar-refractivity contribution in [2.75, 3.05) is 13.7 Å². The molecule has 23 heavy (non-hydrogen) atoms. The lowest BCUT2D eigenvalue weighted by atomic mass is 10.2. The van der Waals surface area contributed by atoms with Gasteiger partial charge in [0.1, 0.15) is 11.8 Å². The molecular formula is C17H29NO4Si. The summed E-state index contributed by atoms with van der Waals surface area (Å²) in [5.74, 6) is 0.371. The predicted molar refractivity (Wildman–Crippen MR) is 94.0 cm³/mol. The lowest BCUT2D eigenvalue weighted by molar-refractivity contribution is -0.144. The minimum atomic E-state index is -1.88. The van der Waals surface area contributed by atoms with Crippen molar-refractivity contribution < 1.29 is 19.1 Å². The summed E-state index contributed by atoms with van der Waals surface area (Å²) < 4.78 is 10.9. The van der Waals surface area contributed by atoms with Crippen LogP contribution in [0.4, 0.5) is 0 Å². The van der Waals surface area contributed by atoms with Crippen molar-refractivity contribution in [3.8, 4) is 5.75 Å². The van der Waals surface area contributed by atoms with Gasteiger partial charge in [-0.1, -0.05) is 32.9 Å². The Morgan fingerprint density at radius 2 is 2.00 bits per heavy atom. The van der Waals surface area contributed by atoms with E-state index in [9.17, 15) is 9.90 Å². The maximum absolute atomic E-state index is 11.5. The van der Waals surface area contributed by atoms with Crippen LogP contribution < -0.4 is 9.74 Å². The summed E-state index contributed by atoms with van der Waals surface area (Å²) in [6.07, 6.45) is 0. The lowest BCUT2D eigenvalue weighted by Crippen LogP contribution is -2.43. The molecule has 0 fully saturated rings. The highest BCUT2D eigenvalue weighted by atomic mass is 28.4. The van der Waals surface area contributed by atoms with Crippen molar-refractivity contribution in [3.05, 3.63) is 29.8 Å². The van der Waals surface area contributed by atoms with Crippen LogP contribution in [0.25, 0.3) is 0 Å². The molecule has 1 rings (SSSR count). The van der Waals surface area contributed by atoms with Gasteiger partial charge in [0.15, 0.2) is 0 Å². The number of aliphatic hydroxyl groups excluding tert-OH is 1. The van der Waals surface area contributed by atoms with E-state index in [-0.39, 0.29) is 11.6 Å². The molecule has 0 saturated carbocycles. The van der Waals surface area contributed by atoms with Crippen LogP contribution in [0.2, 0.25) is 18.1 Å². The maximum Gasteiger partial charge on any atom is 0.325 e. The van der Waals surface area contributed by atoms with Gasteiger partial charge in [-0.2, -0.15) is 0 Å². The van der Waals surface area contributed by atoms with Crippen LogP contribution in [0.1, 0.15) is 26.3 Å². The Balaban J connectivity index is 2.76. The van der Waals surface area contributed by atoms with Crippen LogP contribution in [-0.4, -0.2) is 39.2 Å². The zero-order valence-corrected chi connectivity index (χ0v) is 16.0. The van der Waals surface area contributed by atoms with E-state index in [2.05, 4.69) is 43.9 Å². The van der Waals surface area contributed by atoms with E-state index >= 15 is 0 Å². The van der Waals surface area contributed by atoms with E-state index in [0.717, 1.165) is 11.3 Å². The summed E-state index contributed by atoms with van der Waals surface area (Å²) in [7, 11) is -0.573. The molecule has 0 radical (unpaired) electrons. The van der Waals surface area contributed by atoms with Crippen LogP contribution in [0.3, 0.4) is 0 Å². The van der Waals surface area contributed by atoms with Gasteiger partial charge in [0.2, 0.25) is 8.32 Å². The number of carbonyl (C=O) groups excluding carboxylic acids is 1. The Hall–Kier alpha value is -1.37. The highest BCUT2D eigenvalue weighted by molar-refractivity contribution is 6.74. The Bertz CT molecular complexity index is 526. The number of esters is 1. The average molecular weight is 340 g/mol. The van der Waals surface area contributed by atoms with Gasteiger partial charge in [-0.05, 0) is 35.8 Å². The zero-order chi connectivity index (χ0) is 17.7. The van der Waals surface area contributed by atoms with E-state index in [1.54, 1.807) is 0 Å². The Kier molecular flexibility index (Phi) is 6.79. The molecule has 0 spiro atoms. The summed E-state index contributed by atoms with van der Waals surface area (Å²) in [5, 5.41) is 12.3. The van der Waals surface area contributed by atoms with E-state index < -0.39 is 20.3 Å². The second kappa shape index (κ2) is 7.94. The van der Waals surface area contributed by atoms with E-state index in [1.807, 2.05) is 24.3 Å². The molecule has 0 aliphatic carbocycles. The number of nitrogens with one attached hydrogen (secondary N) is 1. The number of benzene rings is 1. The molecule has 0 unspecified atom stereocenters. The molecule has 0 aromatic heterocycles. The third-order valence-electron chi connectivity index (χ3n) is 4.30. The maximum atomic E-state index is 11.5. The zero-order valence-electron chi connectivity index (χ0n) is 15.0. The molecule has 0 amide bonds. The molecule has 130 valence electrons. The summed E-state index contributed by atoms with van der Waals surface area (Å²) in [6, 6.07) is 7.10. The topological polar surface area (TPSA) is 67.8 Å². The molecule has 1 aromatic rings. The molecule has 0 aliphatic rings. The monoisotopic (exact) mass is 339 g/mol. The average Bonchev–Trinajstić information content (AvgIpc) is 2.46. The van der Waals surface area contributed by atoms with Gasteiger partial charge < -0.3 is 14.3 Å². The molecular weight excluding hydrogens is 310 g/mol. The van der Waals surface area contributed by atoms with E-state index in [0.29, 0.717) is 6.54 Å². The van der Waals surface area contributed by atoms with Crippen molar-refractivity contribution in [2.45, 2.75) is 51.5 Å². The normalized spacial score (nSPS) is 13.5. The first-order chi connectivity index (χ1) is 10.6. The van der Waals surface area contributed by atoms with Crippen LogP contribution in [0.15, 0.2) is 24.3 Å². The predicted octanol–water partition coefficient (Wildman–Crippen LogP) is 2.69. The largest absolute Gasteiger partial charge is 0.543 e. The molecule has 0 bridgehead atoms. The van der Waals surface area contributed by atoms with Gasteiger partial charge in [0.05, 0.1) is 13.7 Å². The second-order valence-electron chi connectivity index (χ2n) is 7.15.